The molecule has 0 saturated heterocycles. The molecule has 1 unspecified atom stereocenters. The number of halogens is 1. The molecule has 0 saturated carbocycles. The van der Waals surface area contributed by atoms with E-state index in [0.717, 1.165) is 10.0 Å². The molecule has 0 aliphatic carbocycles. The van der Waals surface area contributed by atoms with Gasteiger partial charge in [-0.15, -0.1) is 0 Å². The van der Waals surface area contributed by atoms with Gasteiger partial charge in [0.1, 0.15) is 11.7 Å². The molecule has 0 aliphatic heterocycles. The van der Waals surface area contributed by atoms with Crippen molar-refractivity contribution in [2.75, 3.05) is 7.11 Å². The minimum Gasteiger partial charge on any atom is -0.497 e. The zero-order chi connectivity index (χ0) is 15.4. The number of rotatable bonds is 4. The molecule has 0 aliphatic rings. The first-order valence-corrected chi connectivity index (χ1v) is 7.20. The van der Waals surface area contributed by atoms with E-state index in [9.17, 15) is 10.1 Å². The number of carbonyl (C=O) groups excluding carboxylic acids is 1. The van der Waals surface area contributed by atoms with Crippen LogP contribution >= 0.6 is 15.9 Å². The normalized spacial score (nSPS) is 11.5. The number of Topliss-reactive ketones (excluding diaryl/α,β-unsaturated/α-hetero) is 1. The van der Waals surface area contributed by atoms with E-state index in [2.05, 4.69) is 22.0 Å². The van der Waals surface area contributed by atoms with Crippen LogP contribution in [0, 0.1) is 18.3 Å². The van der Waals surface area contributed by atoms with Crippen molar-refractivity contribution in [3.63, 3.8) is 0 Å². The molecule has 2 rings (SSSR count). The number of nitrogens with zero attached hydrogens (tertiary/aromatic N) is 1. The van der Waals surface area contributed by atoms with Crippen LogP contribution in [0.4, 0.5) is 0 Å². The first-order valence-electron chi connectivity index (χ1n) is 6.40. The van der Waals surface area contributed by atoms with Crippen LogP contribution in [0.5, 0.6) is 5.75 Å². The Morgan fingerprint density at radius 1 is 1.29 bits per heavy atom. The lowest BCUT2D eigenvalue weighted by molar-refractivity contribution is 0.0979. The van der Waals surface area contributed by atoms with Crippen LogP contribution in [0.15, 0.2) is 46.9 Å². The van der Waals surface area contributed by atoms with Crippen molar-refractivity contribution in [2.24, 2.45) is 0 Å². The van der Waals surface area contributed by atoms with E-state index in [4.69, 9.17) is 4.74 Å². The Morgan fingerprint density at radius 3 is 2.67 bits per heavy atom. The second-order valence-electron chi connectivity index (χ2n) is 4.67. The van der Waals surface area contributed by atoms with Gasteiger partial charge in [-0.3, -0.25) is 4.79 Å². The van der Waals surface area contributed by atoms with E-state index >= 15 is 0 Å². The molecule has 0 aromatic heterocycles. The minimum atomic E-state index is -0.838. The Kier molecular flexibility index (Phi) is 4.77. The number of methoxy groups -OCH3 is 1. The average molecular weight is 344 g/mol. The van der Waals surface area contributed by atoms with E-state index in [-0.39, 0.29) is 5.78 Å². The van der Waals surface area contributed by atoms with Gasteiger partial charge in [0.15, 0.2) is 5.78 Å². The molecule has 21 heavy (non-hydrogen) atoms. The first kappa shape index (κ1) is 15.3. The number of hydrogen-bond donors (Lipinski definition) is 0. The molecule has 0 fully saturated rings. The minimum absolute atomic E-state index is 0.216. The quantitative estimate of drug-likeness (QED) is 0.779. The summed E-state index contributed by atoms with van der Waals surface area (Å²) in [5.41, 5.74) is 2.20. The van der Waals surface area contributed by atoms with Crippen LogP contribution in [0.3, 0.4) is 0 Å². The maximum absolute atomic E-state index is 12.6. The Labute approximate surface area is 132 Å². The number of hydrogen-bond acceptors (Lipinski definition) is 3. The van der Waals surface area contributed by atoms with E-state index in [1.54, 1.807) is 43.5 Å². The fourth-order valence-corrected chi connectivity index (χ4v) is 2.40. The van der Waals surface area contributed by atoms with Gasteiger partial charge in [-0.1, -0.05) is 40.2 Å². The maximum atomic E-state index is 12.6. The highest BCUT2D eigenvalue weighted by Gasteiger charge is 2.22. The highest BCUT2D eigenvalue weighted by molar-refractivity contribution is 9.10. The number of nitriles is 1. The van der Waals surface area contributed by atoms with Gasteiger partial charge in [0.2, 0.25) is 0 Å². The smallest absolute Gasteiger partial charge is 0.184 e. The van der Waals surface area contributed by atoms with Crippen LogP contribution in [0.25, 0.3) is 0 Å². The second kappa shape index (κ2) is 6.55. The fourth-order valence-electron chi connectivity index (χ4n) is 2.02. The standard InChI is InChI=1S/C17H14BrNO2/c1-11-6-7-13(9-16(11)18)17(20)15(10-19)12-4-3-5-14(8-12)21-2/h3-9,15H,1-2H3. The largest absolute Gasteiger partial charge is 0.497 e. The first-order chi connectivity index (χ1) is 10.1. The van der Waals surface area contributed by atoms with Gasteiger partial charge < -0.3 is 4.74 Å². The molecular formula is C17H14BrNO2. The predicted molar refractivity (Wildman–Crippen MR) is 84.6 cm³/mol. The summed E-state index contributed by atoms with van der Waals surface area (Å²) in [5, 5.41) is 9.38. The third kappa shape index (κ3) is 3.32. The summed E-state index contributed by atoms with van der Waals surface area (Å²) >= 11 is 3.41. The number of carbonyl (C=O) groups is 1. The molecule has 4 heteroatoms. The zero-order valence-corrected chi connectivity index (χ0v) is 13.3. The molecule has 0 radical (unpaired) electrons. The van der Waals surface area contributed by atoms with Gasteiger partial charge in [0.05, 0.1) is 13.2 Å². The van der Waals surface area contributed by atoms with Crippen LogP contribution in [-0.4, -0.2) is 12.9 Å². The van der Waals surface area contributed by atoms with Gasteiger partial charge in [0.25, 0.3) is 0 Å². The predicted octanol–water partition coefficient (Wildman–Crippen LogP) is 4.26. The number of aryl methyl sites for hydroxylation is 1. The third-order valence-corrected chi connectivity index (χ3v) is 4.13. The molecule has 0 bridgehead atoms. The zero-order valence-electron chi connectivity index (χ0n) is 11.8. The van der Waals surface area contributed by atoms with Crippen LogP contribution in [0.1, 0.15) is 27.4 Å². The van der Waals surface area contributed by atoms with Crippen molar-refractivity contribution in [3.05, 3.63) is 63.6 Å². The summed E-state index contributed by atoms with van der Waals surface area (Å²) < 4.78 is 6.00. The highest BCUT2D eigenvalue weighted by Crippen LogP contribution is 2.26. The monoisotopic (exact) mass is 343 g/mol. The number of ketones is 1. The summed E-state index contributed by atoms with van der Waals surface area (Å²) in [6.45, 7) is 1.95. The molecule has 106 valence electrons. The maximum Gasteiger partial charge on any atom is 0.184 e. The van der Waals surface area contributed by atoms with Crippen LogP contribution < -0.4 is 4.74 Å². The van der Waals surface area contributed by atoms with E-state index < -0.39 is 5.92 Å². The molecule has 1 atom stereocenters. The average Bonchev–Trinajstić information content (AvgIpc) is 2.51. The lowest BCUT2D eigenvalue weighted by atomic mass is 9.91. The molecule has 0 N–H and O–H groups in total. The Balaban J connectivity index is 2.38. The molecule has 3 nitrogen and oxygen atoms in total. The van der Waals surface area contributed by atoms with Gasteiger partial charge >= 0.3 is 0 Å². The van der Waals surface area contributed by atoms with Crippen molar-refractivity contribution < 1.29 is 9.53 Å². The summed E-state index contributed by atoms with van der Waals surface area (Å²) in [4.78, 5) is 12.6. The summed E-state index contributed by atoms with van der Waals surface area (Å²) in [6, 6.07) is 14.5. The topological polar surface area (TPSA) is 50.1 Å². The lowest BCUT2D eigenvalue weighted by Gasteiger charge is -2.11. The van der Waals surface area contributed by atoms with Gasteiger partial charge in [-0.25, -0.2) is 0 Å². The Morgan fingerprint density at radius 2 is 2.05 bits per heavy atom. The molecular weight excluding hydrogens is 330 g/mol. The third-order valence-electron chi connectivity index (χ3n) is 3.27. The van der Waals surface area contributed by atoms with E-state index in [1.807, 2.05) is 13.0 Å². The fraction of sp³-hybridized carbons (Fsp3) is 0.176. The lowest BCUT2D eigenvalue weighted by Crippen LogP contribution is -2.11. The molecule has 0 spiro atoms. The van der Waals surface area contributed by atoms with E-state index in [0.29, 0.717) is 16.9 Å². The van der Waals surface area contributed by atoms with Crippen molar-refractivity contribution in [1.29, 1.82) is 5.26 Å². The van der Waals surface area contributed by atoms with Gasteiger partial charge in [-0.2, -0.15) is 5.26 Å². The molecule has 2 aromatic rings. The molecule has 0 heterocycles. The Bertz CT molecular complexity index is 719. The number of benzene rings is 2. The van der Waals surface area contributed by atoms with Crippen molar-refractivity contribution in [2.45, 2.75) is 12.8 Å². The van der Waals surface area contributed by atoms with E-state index in [1.165, 1.54) is 0 Å². The van der Waals surface area contributed by atoms with Gasteiger partial charge in [0, 0.05) is 10.0 Å². The summed E-state index contributed by atoms with van der Waals surface area (Å²) in [5.74, 6) is -0.424. The van der Waals surface area contributed by atoms with Crippen molar-refractivity contribution in [1.82, 2.24) is 0 Å². The summed E-state index contributed by atoms with van der Waals surface area (Å²) in [6.07, 6.45) is 0. The molecule has 0 amide bonds. The van der Waals surface area contributed by atoms with Gasteiger partial charge in [-0.05, 0) is 36.2 Å². The van der Waals surface area contributed by atoms with Crippen LogP contribution in [-0.2, 0) is 0 Å². The molecule has 2 aromatic carbocycles. The second-order valence-corrected chi connectivity index (χ2v) is 5.52. The SMILES string of the molecule is COc1cccc(C(C#N)C(=O)c2ccc(C)c(Br)c2)c1. The van der Waals surface area contributed by atoms with Crippen LogP contribution in [0.2, 0.25) is 0 Å². The van der Waals surface area contributed by atoms with Crippen molar-refractivity contribution >= 4 is 21.7 Å². The Hall–Kier alpha value is -2.12. The van der Waals surface area contributed by atoms with Crippen molar-refractivity contribution in [3.8, 4) is 11.8 Å². The summed E-state index contributed by atoms with van der Waals surface area (Å²) in [7, 11) is 1.55. The highest BCUT2D eigenvalue weighted by atomic mass is 79.9. The number of ether oxygens (including phenoxy) is 1.